The third-order valence-electron chi connectivity index (χ3n) is 2.64. The van der Waals surface area contributed by atoms with Gasteiger partial charge in [-0.2, -0.15) is 0 Å². The van der Waals surface area contributed by atoms with Gasteiger partial charge in [0.05, 0.1) is 19.4 Å². The van der Waals surface area contributed by atoms with Gasteiger partial charge in [0.25, 0.3) is 0 Å². The predicted molar refractivity (Wildman–Crippen MR) is 60.8 cm³/mol. The van der Waals surface area contributed by atoms with Gasteiger partial charge in [-0.05, 0) is 24.5 Å². The third-order valence-corrected chi connectivity index (χ3v) is 2.64. The van der Waals surface area contributed by atoms with E-state index in [9.17, 15) is 0 Å². The smallest absolute Gasteiger partial charge is 0.120 e. The van der Waals surface area contributed by atoms with Gasteiger partial charge in [-0.3, -0.25) is 0 Å². The van der Waals surface area contributed by atoms with Gasteiger partial charge in [0.1, 0.15) is 5.76 Å². The number of furan rings is 1. The monoisotopic (exact) mass is 211 g/mol. The molecule has 1 rings (SSSR count). The Morgan fingerprint density at radius 2 is 2.20 bits per heavy atom. The molecule has 0 fully saturated rings. The largest absolute Gasteiger partial charge is 0.468 e. The maximum Gasteiger partial charge on any atom is 0.120 e. The van der Waals surface area contributed by atoms with E-state index in [-0.39, 0.29) is 0 Å². The Kier molecular flexibility index (Phi) is 4.85. The number of hydrogen-bond acceptors (Lipinski definition) is 3. The Morgan fingerprint density at radius 3 is 2.67 bits per heavy atom. The highest BCUT2D eigenvalue weighted by Crippen LogP contribution is 2.10. The van der Waals surface area contributed by atoms with Gasteiger partial charge in [-0.15, -0.1) is 0 Å². The van der Waals surface area contributed by atoms with E-state index in [1.165, 1.54) is 5.56 Å². The summed E-state index contributed by atoms with van der Waals surface area (Å²) in [5.74, 6) is 1.57. The Labute approximate surface area is 91.8 Å². The van der Waals surface area contributed by atoms with Crippen LogP contribution in [0.15, 0.2) is 16.7 Å². The summed E-state index contributed by atoms with van der Waals surface area (Å²) >= 11 is 0. The lowest BCUT2D eigenvalue weighted by Crippen LogP contribution is -2.37. The topological polar surface area (TPSA) is 34.4 Å². The molecule has 1 atom stereocenters. The van der Waals surface area contributed by atoms with Crippen molar-refractivity contribution in [3.05, 3.63) is 23.7 Å². The van der Waals surface area contributed by atoms with Crippen LogP contribution in [0.2, 0.25) is 0 Å². The van der Waals surface area contributed by atoms with Crippen LogP contribution in [0, 0.1) is 12.8 Å². The van der Waals surface area contributed by atoms with Crippen molar-refractivity contribution in [3.63, 3.8) is 0 Å². The van der Waals surface area contributed by atoms with Crippen molar-refractivity contribution in [1.29, 1.82) is 0 Å². The van der Waals surface area contributed by atoms with Crippen LogP contribution in [0.4, 0.5) is 0 Å². The fraction of sp³-hybridized carbons (Fsp3) is 0.667. The van der Waals surface area contributed by atoms with Crippen LogP contribution in [0.1, 0.15) is 25.2 Å². The van der Waals surface area contributed by atoms with Gasteiger partial charge in [-0.25, -0.2) is 0 Å². The normalized spacial score (nSPS) is 13.4. The molecule has 1 heterocycles. The molecule has 0 bridgehead atoms. The standard InChI is InChI=1S/C12H21NO2/c1-9(2)11(8-14-4)13-7-12-10(3)5-6-15-12/h5-6,9,11,13H,7-8H2,1-4H3. The average molecular weight is 211 g/mol. The molecule has 0 saturated carbocycles. The second-order valence-corrected chi connectivity index (χ2v) is 4.21. The van der Waals surface area contributed by atoms with Crippen LogP contribution in [0.3, 0.4) is 0 Å². The molecular formula is C12H21NO2. The molecular weight excluding hydrogens is 190 g/mol. The summed E-state index contributed by atoms with van der Waals surface area (Å²) in [6.45, 7) is 7.93. The van der Waals surface area contributed by atoms with Crippen LogP contribution in [-0.4, -0.2) is 19.8 Å². The van der Waals surface area contributed by atoms with E-state index in [1.54, 1.807) is 13.4 Å². The predicted octanol–water partition coefficient (Wildman–Crippen LogP) is 2.35. The molecule has 15 heavy (non-hydrogen) atoms. The highest BCUT2D eigenvalue weighted by Gasteiger charge is 2.13. The number of ether oxygens (including phenoxy) is 1. The first-order valence-electron chi connectivity index (χ1n) is 5.40. The van der Waals surface area contributed by atoms with Gasteiger partial charge in [-0.1, -0.05) is 13.8 Å². The summed E-state index contributed by atoms with van der Waals surface area (Å²) in [6, 6.07) is 2.36. The first kappa shape index (κ1) is 12.3. The highest BCUT2D eigenvalue weighted by atomic mass is 16.5. The SMILES string of the molecule is COCC(NCc1occc1C)C(C)C. The molecule has 1 unspecified atom stereocenters. The van der Waals surface area contributed by atoms with E-state index in [2.05, 4.69) is 26.1 Å². The summed E-state index contributed by atoms with van der Waals surface area (Å²) in [5, 5.41) is 3.44. The van der Waals surface area contributed by atoms with Crippen molar-refractivity contribution in [2.45, 2.75) is 33.4 Å². The molecule has 1 N–H and O–H groups in total. The number of rotatable bonds is 6. The summed E-state index contributed by atoms with van der Waals surface area (Å²) in [4.78, 5) is 0. The molecule has 0 amide bonds. The Balaban J connectivity index is 2.43. The van der Waals surface area contributed by atoms with Gasteiger partial charge in [0.15, 0.2) is 0 Å². The van der Waals surface area contributed by atoms with E-state index >= 15 is 0 Å². The van der Waals surface area contributed by atoms with Crippen molar-refractivity contribution in [1.82, 2.24) is 5.32 Å². The van der Waals surface area contributed by atoms with Crippen molar-refractivity contribution in [2.75, 3.05) is 13.7 Å². The molecule has 0 aliphatic rings. The first-order chi connectivity index (χ1) is 7.15. The van der Waals surface area contributed by atoms with E-state index < -0.39 is 0 Å². The second-order valence-electron chi connectivity index (χ2n) is 4.21. The molecule has 3 heteroatoms. The van der Waals surface area contributed by atoms with Gasteiger partial charge in [0, 0.05) is 13.2 Å². The maximum absolute atomic E-state index is 5.37. The van der Waals surface area contributed by atoms with Crippen LogP contribution in [-0.2, 0) is 11.3 Å². The fourth-order valence-electron chi connectivity index (χ4n) is 1.48. The molecule has 1 aromatic rings. The Morgan fingerprint density at radius 1 is 1.47 bits per heavy atom. The molecule has 0 aliphatic carbocycles. The lowest BCUT2D eigenvalue weighted by Gasteiger charge is -2.21. The van der Waals surface area contributed by atoms with E-state index in [0.717, 1.165) is 18.9 Å². The van der Waals surface area contributed by atoms with Crippen molar-refractivity contribution >= 4 is 0 Å². The summed E-state index contributed by atoms with van der Waals surface area (Å²) in [5.41, 5.74) is 1.20. The maximum atomic E-state index is 5.37. The molecule has 0 radical (unpaired) electrons. The quantitative estimate of drug-likeness (QED) is 0.784. The minimum atomic E-state index is 0.375. The van der Waals surface area contributed by atoms with Crippen LogP contribution in [0.25, 0.3) is 0 Å². The zero-order valence-electron chi connectivity index (χ0n) is 10.0. The fourth-order valence-corrected chi connectivity index (χ4v) is 1.48. The number of nitrogens with one attached hydrogen (secondary N) is 1. The van der Waals surface area contributed by atoms with Crippen LogP contribution in [0.5, 0.6) is 0 Å². The highest BCUT2D eigenvalue weighted by molar-refractivity contribution is 5.14. The van der Waals surface area contributed by atoms with Crippen molar-refractivity contribution in [3.8, 4) is 0 Å². The molecule has 86 valence electrons. The molecule has 0 spiro atoms. The lowest BCUT2D eigenvalue weighted by atomic mass is 10.1. The van der Waals surface area contributed by atoms with E-state index in [1.807, 2.05) is 6.07 Å². The number of hydrogen-bond donors (Lipinski definition) is 1. The van der Waals surface area contributed by atoms with Crippen molar-refractivity contribution < 1.29 is 9.15 Å². The lowest BCUT2D eigenvalue weighted by molar-refractivity contribution is 0.145. The molecule has 0 aliphatic heterocycles. The molecule has 0 saturated heterocycles. The van der Waals surface area contributed by atoms with E-state index in [0.29, 0.717) is 12.0 Å². The minimum absolute atomic E-state index is 0.375. The van der Waals surface area contributed by atoms with Crippen molar-refractivity contribution in [2.24, 2.45) is 5.92 Å². The van der Waals surface area contributed by atoms with Crippen LogP contribution < -0.4 is 5.32 Å². The average Bonchev–Trinajstić information content (AvgIpc) is 2.58. The number of methoxy groups -OCH3 is 1. The molecule has 1 aromatic heterocycles. The van der Waals surface area contributed by atoms with Gasteiger partial charge >= 0.3 is 0 Å². The second kappa shape index (κ2) is 5.93. The van der Waals surface area contributed by atoms with Gasteiger partial charge < -0.3 is 14.5 Å². The van der Waals surface area contributed by atoms with Crippen LogP contribution >= 0.6 is 0 Å². The third kappa shape index (κ3) is 3.68. The summed E-state index contributed by atoms with van der Waals surface area (Å²) in [6.07, 6.45) is 1.73. The minimum Gasteiger partial charge on any atom is -0.468 e. The first-order valence-corrected chi connectivity index (χ1v) is 5.40. The zero-order chi connectivity index (χ0) is 11.3. The van der Waals surface area contributed by atoms with E-state index in [4.69, 9.17) is 9.15 Å². The summed E-state index contributed by atoms with van der Waals surface area (Å²) in [7, 11) is 1.73. The zero-order valence-corrected chi connectivity index (χ0v) is 10.0. The van der Waals surface area contributed by atoms with Gasteiger partial charge in [0.2, 0.25) is 0 Å². The Hall–Kier alpha value is -0.800. The summed E-state index contributed by atoms with van der Waals surface area (Å²) < 4.78 is 10.5. The molecule has 3 nitrogen and oxygen atoms in total. The number of aryl methyl sites for hydroxylation is 1. The Bertz CT molecular complexity index is 281. The molecule has 0 aromatic carbocycles.